The van der Waals surface area contributed by atoms with Crippen LogP contribution in [0.15, 0.2) is 152 Å². The van der Waals surface area contributed by atoms with E-state index >= 15 is 47.9 Å². The summed E-state index contributed by atoms with van der Waals surface area (Å²) < 4.78 is 0. The number of para-hydroxylation sites is 1. The number of aliphatic hydroxyl groups is 1. The highest BCUT2D eigenvalue weighted by atomic mass is 32.2. The molecule has 8 rings (SSSR count). The van der Waals surface area contributed by atoms with Gasteiger partial charge in [-0.3, -0.25) is 92.3 Å². The Morgan fingerprint density at radius 2 is 0.944 bits per heavy atom. The summed E-state index contributed by atoms with van der Waals surface area (Å²) in [6.45, 7) is 11.1. The summed E-state index contributed by atoms with van der Waals surface area (Å²) in [7, 11) is 2.58. The Hall–Kier alpha value is -15.5. The fourth-order valence-corrected chi connectivity index (χ4v) is 16.6. The summed E-state index contributed by atoms with van der Waals surface area (Å²) in [6.07, 6.45) is 0.795. The van der Waals surface area contributed by atoms with Gasteiger partial charge in [0.05, 0.1) is 25.1 Å². The number of imidazole rings is 1. The van der Waals surface area contributed by atoms with E-state index in [1.807, 2.05) is 30.3 Å². The molecule has 1 aliphatic heterocycles. The third-order valence-electron chi connectivity index (χ3n) is 24.0. The number of carbonyl (C=O) groups excluding carboxylic acids is 16. The highest BCUT2D eigenvalue weighted by Crippen LogP contribution is 2.25. The van der Waals surface area contributed by atoms with Crippen LogP contribution in [0.25, 0.3) is 22.0 Å². The Bertz CT molecular complexity index is 5620. The molecule has 1 aliphatic rings. The Labute approximate surface area is 836 Å². The molecular weight excluding hydrogens is 1880 g/mol. The molecule has 1 fully saturated rings. The minimum Gasteiger partial charge on any atom is -0.508 e. The van der Waals surface area contributed by atoms with Gasteiger partial charge in [-0.1, -0.05) is 157 Å². The number of thioether (sulfide) groups is 1. The summed E-state index contributed by atoms with van der Waals surface area (Å²) in [6, 6.07) is 12.3. The standard InChI is InChI=1S/C98H133N25O20S/c1-52(2)39-69-88(135)120-81(54(5)6)94(141)118-75(48-124)90(137)119-76(91(138)109-55(7)82(99)129)49-144-50-78(126)110-73(44-63-47-104-51-108-63)86(133)114-70(41-59-31-35-64(125)36-32-59)85(132)116-74(45-79(127)128)87(134)115-72(43-62-46-107-66-26-18-17-25-65(62)66)89(136)121-80(53(3)4)93(140)117-71(40-58-29-33-61(34-30-58)60-23-15-12-16-24-60)84(131)112-68(28-20-38-106-98(102)103)96(143)122(9)56(8)95(142)123(10)77(42-57-21-13-11-14-22-57)92(139)111-67(83(130)113-69)27-19-37-105-97(100)101/h11-18,21-26,29-36,46-47,51-56,67-77,80-81,107,124-125H,19-20,27-28,37-45,48-50H2,1-10H3,(H2,99,129)(H,104,108)(H,109,138)(H,110,126)(H,111,139)(H,112,131)(H,113,130)(H,114,133)(H,115,134)(H,116,132)(H,117,140)(H,118,141)(H,119,137)(H,120,135)(H,121,136)(H,127,128)(H4,100,101,105)(H4,102,103,106)/t55-,56-,67-,68-,69-,70-,71-,72-,73-,74-,75-,76-,77-,80-,81-/m0/s1. The van der Waals surface area contributed by atoms with Crippen LogP contribution in [0.1, 0.15) is 122 Å². The number of aromatic amines is 2. The molecule has 776 valence electrons. The molecule has 144 heavy (non-hydrogen) atoms. The van der Waals surface area contributed by atoms with Crippen LogP contribution >= 0.6 is 11.8 Å². The van der Waals surface area contributed by atoms with Crippen molar-refractivity contribution >= 4 is 135 Å². The SMILES string of the molecule is CC(C)C[C@@H]1NC(=O)[C@H](CCCNC(=N)N)NC(=O)[C@H](Cc2ccccc2)N(C)C(=O)[C@H](C)N(C)C(=O)[C@H](CCCNC(=N)N)NC(=O)[C@H](Cc2ccc(-c3ccccc3)cc2)NC(=O)[C@H](C(C)C)NC(=O)[C@H](Cc2c[nH]c3ccccc23)NC(=O)[C@H](CC(=O)O)NC(=O)[C@H](Cc2ccc(O)cc2)NC(=O)[C@H](Cc2cnc[nH]2)NC(=O)CSC[C@@H](C(=O)N[C@@H](C)C(N)=O)NC(=O)[C@H](CO)NC(=O)[C@H](C(C)C)NC1=O. The predicted molar refractivity (Wildman–Crippen MR) is 535 cm³/mol. The Morgan fingerprint density at radius 3 is 1.49 bits per heavy atom. The summed E-state index contributed by atoms with van der Waals surface area (Å²) in [5.74, 6) is -22.3. The van der Waals surface area contributed by atoms with Crippen LogP contribution < -0.4 is 97.0 Å². The molecule has 16 amide bonds. The van der Waals surface area contributed by atoms with E-state index in [2.05, 4.69) is 94.7 Å². The number of fused-ring (bicyclic) bond motifs is 1. The van der Waals surface area contributed by atoms with Crippen LogP contribution in [0.2, 0.25) is 0 Å². The fraction of sp³-hybridized carbons (Fsp3) is 0.449. The van der Waals surface area contributed by atoms with E-state index in [4.69, 9.17) is 28.0 Å². The van der Waals surface area contributed by atoms with Crippen molar-refractivity contribution in [3.8, 4) is 16.9 Å². The molecule has 1 saturated heterocycles. The van der Waals surface area contributed by atoms with Gasteiger partial charge in [0.25, 0.3) is 0 Å². The number of phenolic OH excluding ortho intramolecular Hbond substituents is 1. The molecule has 5 aromatic carbocycles. The first kappa shape index (κ1) is 114. The van der Waals surface area contributed by atoms with Gasteiger partial charge in [0, 0.05) is 94.0 Å². The number of carbonyl (C=O) groups is 17. The van der Waals surface area contributed by atoms with E-state index in [9.17, 15) is 48.9 Å². The number of hydrogen-bond donors (Lipinski definition) is 25. The average molecular weight is 2010 g/mol. The number of carboxylic acids is 1. The highest BCUT2D eigenvalue weighted by Gasteiger charge is 2.42. The maximum absolute atomic E-state index is 15.6. The summed E-state index contributed by atoms with van der Waals surface area (Å²) >= 11 is 0.688. The molecule has 7 aromatic rings. The monoisotopic (exact) mass is 2010 g/mol. The number of phenols is 1. The minimum atomic E-state index is -2.10. The second-order valence-corrected chi connectivity index (χ2v) is 37.4. The maximum Gasteiger partial charge on any atom is 0.305 e. The van der Waals surface area contributed by atoms with Crippen molar-refractivity contribution in [2.24, 2.45) is 35.0 Å². The number of rotatable bonds is 29. The largest absolute Gasteiger partial charge is 0.508 e. The van der Waals surface area contributed by atoms with Gasteiger partial charge in [0.15, 0.2) is 11.9 Å². The molecule has 45 nitrogen and oxygen atoms in total. The van der Waals surface area contributed by atoms with E-state index in [1.54, 1.807) is 113 Å². The van der Waals surface area contributed by atoms with Gasteiger partial charge >= 0.3 is 5.97 Å². The molecule has 0 aliphatic carbocycles. The zero-order valence-electron chi connectivity index (χ0n) is 81.9. The molecular formula is C98H133N25O20S. The van der Waals surface area contributed by atoms with Gasteiger partial charge < -0.3 is 132 Å². The number of H-pyrrole nitrogens is 2. The Kier molecular flexibility index (Phi) is 43.9. The van der Waals surface area contributed by atoms with Crippen LogP contribution in [0.4, 0.5) is 0 Å². The number of benzene rings is 5. The van der Waals surface area contributed by atoms with Crippen molar-refractivity contribution in [2.45, 2.75) is 217 Å². The second-order valence-electron chi connectivity index (χ2n) is 36.4. The van der Waals surface area contributed by atoms with Gasteiger partial charge in [-0.15, -0.1) is 11.8 Å². The second kappa shape index (κ2) is 55.6. The van der Waals surface area contributed by atoms with Crippen molar-refractivity contribution in [1.82, 2.24) is 105 Å². The smallest absolute Gasteiger partial charge is 0.305 e. The zero-order chi connectivity index (χ0) is 106. The number of guanidine groups is 2. The van der Waals surface area contributed by atoms with Crippen LogP contribution in [0.3, 0.4) is 0 Å². The summed E-state index contributed by atoms with van der Waals surface area (Å²) in [5, 5.41) is 87.3. The van der Waals surface area contributed by atoms with E-state index in [-0.39, 0.29) is 93.8 Å². The fourth-order valence-electron chi connectivity index (χ4n) is 15.8. The Balaban J connectivity index is 1.23. The van der Waals surface area contributed by atoms with Crippen molar-refractivity contribution in [1.29, 1.82) is 10.8 Å². The van der Waals surface area contributed by atoms with Crippen molar-refractivity contribution in [3.05, 3.63) is 180 Å². The van der Waals surface area contributed by atoms with Gasteiger partial charge in [-0.2, -0.15) is 0 Å². The molecule has 0 spiro atoms. The van der Waals surface area contributed by atoms with E-state index in [1.165, 1.54) is 78.6 Å². The Morgan fingerprint density at radius 1 is 0.486 bits per heavy atom. The first-order valence-electron chi connectivity index (χ1n) is 47.2. The molecule has 28 N–H and O–H groups in total. The van der Waals surface area contributed by atoms with Gasteiger partial charge in [-0.25, -0.2) is 4.98 Å². The summed E-state index contributed by atoms with van der Waals surface area (Å²) in [5.41, 5.74) is 21.0. The average Bonchev–Trinajstić information content (AvgIpc) is 1.35. The summed E-state index contributed by atoms with van der Waals surface area (Å²) in [4.78, 5) is 263. The number of primary amides is 1. The van der Waals surface area contributed by atoms with Crippen LogP contribution in [-0.4, -0.2) is 288 Å². The lowest BCUT2D eigenvalue weighted by Gasteiger charge is -2.35. The number of likely N-dealkylation sites (N-methyl/N-ethyl adjacent to an activating group) is 2. The molecule has 2 aromatic heterocycles. The minimum absolute atomic E-state index is 0.00920. The predicted octanol–water partition coefficient (Wildman–Crippen LogP) is -1.64. The van der Waals surface area contributed by atoms with Crippen molar-refractivity contribution in [2.75, 3.05) is 45.3 Å². The lowest BCUT2D eigenvalue weighted by Crippen LogP contribution is -2.62. The van der Waals surface area contributed by atoms with Crippen LogP contribution in [0, 0.1) is 28.6 Å². The number of aliphatic carboxylic acids is 1. The molecule has 0 saturated carbocycles. The number of nitrogens with two attached hydrogens (primary N) is 3. The van der Waals surface area contributed by atoms with Gasteiger partial charge in [0.2, 0.25) is 94.5 Å². The number of nitrogens with zero attached hydrogens (tertiary/aromatic N) is 3. The molecule has 3 heterocycles. The first-order chi connectivity index (χ1) is 68.4. The number of aromatic hydroxyl groups is 1. The number of aromatic nitrogens is 3. The van der Waals surface area contributed by atoms with E-state index in [0.29, 0.717) is 39.4 Å². The van der Waals surface area contributed by atoms with E-state index < -0.39 is 246 Å². The molecule has 46 heteroatoms. The number of carboxylic acid groups (broad SMARTS) is 1. The lowest BCUT2D eigenvalue weighted by molar-refractivity contribution is -0.148. The highest BCUT2D eigenvalue weighted by molar-refractivity contribution is 8.00. The van der Waals surface area contributed by atoms with Gasteiger partial charge in [0.1, 0.15) is 96.4 Å². The van der Waals surface area contributed by atoms with Crippen LogP contribution in [0.5, 0.6) is 5.75 Å². The number of nitrogens with one attached hydrogen (secondary N) is 19. The van der Waals surface area contributed by atoms with Crippen molar-refractivity contribution in [3.63, 3.8) is 0 Å². The number of hydrogen-bond acceptors (Lipinski definition) is 23. The lowest BCUT2D eigenvalue weighted by atomic mass is 9.98. The number of aliphatic hydroxyl groups excluding tert-OH is 1. The quantitative estimate of drug-likeness (QED) is 0.0142. The topological polar surface area (TPSA) is 708 Å². The first-order valence-corrected chi connectivity index (χ1v) is 48.4. The normalized spacial score (nSPS) is 22.6. The van der Waals surface area contributed by atoms with E-state index in [0.717, 1.165) is 20.9 Å². The third-order valence-corrected chi connectivity index (χ3v) is 25.0. The third kappa shape index (κ3) is 35.3. The van der Waals surface area contributed by atoms with Gasteiger partial charge in [-0.05, 0) is 115 Å². The molecule has 0 bridgehead atoms. The molecule has 0 unspecified atom stereocenters. The van der Waals surface area contributed by atoms with Crippen LogP contribution in [-0.2, 0) is 114 Å². The van der Waals surface area contributed by atoms with Crippen molar-refractivity contribution < 1.29 is 96.8 Å². The maximum atomic E-state index is 15.6. The number of amides is 16. The molecule has 0 radical (unpaired) electrons. The zero-order valence-corrected chi connectivity index (χ0v) is 82.7. The molecule has 15 atom stereocenters.